The monoisotopic (exact) mass is 313 g/mol. The molecule has 2 bridgehead atoms. The highest BCUT2D eigenvalue weighted by Crippen LogP contribution is 2.58. The zero-order valence-corrected chi connectivity index (χ0v) is 14.6. The van der Waals surface area contributed by atoms with Gasteiger partial charge in [0.2, 0.25) is 0 Å². The van der Waals surface area contributed by atoms with Crippen LogP contribution in [0.15, 0.2) is 18.2 Å². The Labute approximate surface area is 139 Å². The number of fused-ring (bicyclic) bond motifs is 1. The van der Waals surface area contributed by atoms with Gasteiger partial charge in [-0.25, -0.2) is 0 Å². The van der Waals surface area contributed by atoms with Crippen molar-refractivity contribution in [3.63, 3.8) is 0 Å². The summed E-state index contributed by atoms with van der Waals surface area (Å²) in [6, 6.07) is 7.09. The van der Waals surface area contributed by atoms with E-state index in [-0.39, 0.29) is 11.3 Å². The first kappa shape index (κ1) is 15.2. The van der Waals surface area contributed by atoms with Crippen molar-refractivity contribution >= 4 is 5.78 Å². The molecule has 1 aromatic carbocycles. The lowest BCUT2D eigenvalue weighted by Gasteiger charge is -2.61. The maximum absolute atomic E-state index is 12.8. The summed E-state index contributed by atoms with van der Waals surface area (Å²) in [7, 11) is 3.99. The van der Waals surface area contributed by atoms with E-state index in [2.05, 4.69) is 44.0 Å². The highest BCUT2D eigenvalue weighted by molar-refractivity contribution is 5.84. The van der Waals surface area contributed by atoms with Crippen LogP contribution in [0.1, 0.15) is 37.8 Å². The normalized spacial score (nSPS) is 39.6. The molecule has 3 aliphatic rings. The molecule has 0 N–H and O–H groups in total. The minimum absolute atomic E-state index is 0.0301. The van der Waals surface area contributed by atoms with Crippen LogP contribution in [0, 0.1) is 17.8 Å². The Morgan fingerprint density at radius 3 is 2.83 bits per heavy atom. The van der Waals surface area contributed by atoms with Gasteiger partial charge in [-0.3, -0.25) is 4.79 Å². The molecule has 1 saturated carbocycles. The van der Waals surface area contributed by atoms with Gasteiger partial charge in [0.05, 0.1) is 7.11 Å². The number of nitrogens with zero attached hydrogens (tertiary/aromatic N) is 1. The molecule has 5 atom stereocenters. The Hall–Kier alpha value is -1.35. The van der Waals surface area contributed by atoms with Crippen molar-refractivity contribution in [3.05, 3.63) is 29.3 Å². The van der Waals surface area contributed by atoms with E-state index in [1.54, 1.807) is 7.11 Å². The molecule has 0 aromatic heterocycles. The highest BCUT2D eigenvalue weighted by Gasteiger charge is 2.58. The molecule has 0 radical (unpaired) electrons. The molecule has 1 aromatic rings. The van der Waals surface area contributed by atoms with Gasteiger partial charge in [-0.15, -0.1) is 0 Å². The number of benzene rings is 1. The summed E-state index contributed by atoms with van der Waals surface area (Å²) < 4.78 is 5.49. The summed E-state index contributed by atoms with van der Waals surface area (Å²) >= 11 is 0. The summed E-state index contributed by atoms with van der Waals surface area (Å²) in [5, 5.41) is 0. The zero-order chi connectivity index (χ0) is 16.4. The molecular weight excluding hydrogens is 286 g/mol. The quantitative estimate of drug-likeness (QED) is 0.798. The smallest absolute Gasteiger partial charge is 0.136 e. The fourth-order valence-electron chi connectivity index (χ4n) is 5.73. The van der Waals surface area contributed by atoms with E-state index in [1.165, 1.54) is 11.1 Å². The van der Waals surface area contributed by atoms with Crippen LogP contribution in [-0.2, 0) is 16.6 Å². The van der Waals surface area contributed by atoms with Crippen LogP contribution in [0.3, 0.4) is 0 Å². The summed E-state index contributed by atoms with van der Waals surface area (Å²) in [6.07, 6.45) is 2.91. The van der Waals surface area contributed by atoms with Gasteiger partial charge in [0.1, 0.15) is 11.5 Å². The third-order valence-electron chi connectivity index (χ3n) is 7.16. The van der Waals surface area contributed by atoms with Gasteiger partial charge in [0, 0.05) is 23.8 Å². The maximum atomic E-state index is 12.8. The minimum atomic E-state index is 0.0301. The average molecular weight is 313 g/mol. The number of Topliss-reactive ketones (excluding diaryl/α,β-unsaturated/α-hetero) is 1. The molecule has 0 amide bonds. The number of hydrogen-bond donors (Lipinski definition) is 0. The number of likely N-dealkylation sites (N-methyl/N-ethyl adjacent to an activating group) is 1. The summed E-state index contributed by atoms with van der Waals surface area (Å²) in [5.74, 6) is 2.59. The lowest BCUT2D eigenvalue weighted by Crippen LogP contribution is -2.64. The fourth-order valence-corrected chi connectivity index (χ4v) is 5.73. The molecule has 1 aliphatic heterocycles. The molecule has 2 aliphatic carbocycles. The molecule has 2 fully saturated rings. The van der Waals surface area contributed by atoms with Crippen molar-refractivity contribution in [3.8, 4) is 5.75 Å². The molecule has 23 heavy (non-hydrogen) atoms. The summed E-state index contributed by atoms with van der Waals surface area (Å²) in [6.45, 7) is 5.53. The number of carbonyl (C=O) groups is 1. The van der Waals surface area contributed by atoms with E-state index in [9.17, 15) is 4.79 Å². The first-order chi connectivity index (χ1) is 11.0. The number of likely N-dealkylation sites (tertiary alicyclic amines) is 1. The first-order valence-corrected chi connectivity index (χ1v) is 8.88. The number of ketones is 1. The van der Waals surface area contributed by atoms with Crippen molar-refractivity contribution in [2.75, 3.05) is 20.7 Å². The predicted octanol–water partition coefficient (Wildman–Crippen LogP) is 3.05. The number of piperidine rings is 1. The summed E-state index contributed by atoms with van der Waals surface area (Å²) in [5.41, 5.74) is 2.86. The number of ether oxygens (including phenoxy) is 1. The van der Waals surface area contributed by atoms with Crippen molar-refractivity contribution in [2.24, 2.45) is 17.8 Å². The Morgan fingerprint density at radius 2 is 2.09 bits per heavy atom. The van der Waals surface area contributed by atoms with Crippen molar-refractivity contribution in [1.82, 2.24) is 4.90 Å². The van der Waals surface area contributed by atoms with Crippen LogP contribution in [-0.4, -0.2) is 37.4 Å². The van der Waals surface area contributed by atoms with E-state index in [1.807, 2.05) is 0 Å². The molecule has 3 nitrogen and oxygen atoms in total. The lowest BCUT2D eigenvalue weighted by molar-refractivity contribution is -0.137. The van der Waals surface area contributed by atoms with Gasteiger partial charge in [-0.05, 0) is 61.5 Å². The predicted molar refractivity (Wildman–Crippen MR) is 90.9 cm³/mol. The first-order valence-electron chi connectivity index (χ1n) is 8.88. The maximum Gasteiger partial charge on any atom is 0.136 e. The standard InChI is InChI=1S/C20H27NO2/c1-12-13(2)19-17-9-14-5-6-15(23-4)10-16(14)20(19,11-18(12)22)7-8-21(17)3/h5-6,10,12-13,17,19H,7-9,11H2,1-4H3/t12-,13-,17?,19-,20?/m1/s1. The SMILES string of the molecule is COc1ccc2c(c1)C13CCN(C)C(C2)[C@H]1[C@H](C)[C@@H](C)C(=O)C3. The van der Waals surface area contributed by atoms with Crippen molar-refractivity contribution in [1.29, 1.82) is 0 Å². The van der Waals surface area contributed by atoms with Gasteiger partial charge < -0.3 is 9.64 Å². The van der Waals surface area contributed by atoms with Crippen molar-refractivity contribution < 1.29 is 9.53 Å². The third kappa shape index (κ3) is 1.95. The van der Waals surface area contributed by atoms with E-state index >= 15 is 0 Å². The van der Waals surface area contributed by atoms with Gasteiger partial charge >= 0.3 is 0 Å². The Morgan fingerprint density at radius 1 is 1.30 bits per heavy atom. The molecule has 1 saturated heterocycles. The highest BCUT2D eigenvalue weighted by atomic mass is 16.5. The van der Waals surface area contributed by atoms with Crippen molar-refractivity contribution in [2.45, 2.75) is 44.6 Å². The zero-order valence-electron chi connectivity index (χ0n) is 14.6. The Balaban J connectivity index is 1.92. The molecule has 1 heterocycles. The second kappa shape index (κ2) is 5.07. The van der Waals surface area contributed by atoms with Gasteiger partial charge in [-0.2, -0.15) is 0 Å². The largest absolute Gasteiger partial charge is 0.497 e. The average Bonchev–Trinajstić information content (AvgIpc) is 2.55. The summed E-state index contributed by atoms with van der Waals surface area (Å²) in [4.78, 5) is 15.3. The van der Waals surface area contributed by atoms with Gasteiger partial charge in [-0.1, -0.05) is 19.9 Å². The van der Waals surface area contributed by atoms with Crippen LogP contribution in [0.25, 0.3) is 0 Å². The van der Waals surface area contributed by atoms with E-state index in [0.717, 1.165) is 25.1 Å². The van der Waals surface area contributed by atoms with Gasteiger partial charge in [0.25, 0.3) is 0 Å². The van der Waals surface area contributed by atoms with Crippen LogP contribution in [0.2, 0.25) is 0 Å². The lowest BCUT2D eigenvalue weighted by atomic mass is 9.48. The van der Waals surface area contributed by atoms with Gasteiger partial charge in [0.15, 0.2) is 0 Å². The minimum Gasteiger partial charge on any atom is -0.497 e. The Kier molecular flexibility index (Phi) is 3.35. The Bertz CT molecular complexity index is 655. The molecule has 4 rings (SSSR count). The molecular formula is C20H27NO2. The topological polar surface area (TPSA) is 29.5 Å². The van der Waals surface area contributed by atoms with Crippen LogP contribution < -0.4 is 4.74 Å². The number of methoxy groups -OCH3 is 1. The molecule has 2 unspecified atom stereocenters. The van der Waals surface area contributed by atoms with Crippen LogP contribution in [0.5, 0.6) is 5.75 Å². The van der Waals surface area contributed by atoms with E-state index in [0.29, 0.717) is 30.1 Å². The fraction of sp³-hybridized carbons (Fsp3) is 0.650. The molecule has 124 valence electrons. The number of carbonyl (C=O) groups excluding carboxylic acids is 1. The second-order valence-corrected chi connectivity index (χ2v) is 8.00. The van der Waals surface area contributed by atoms with Crippen LogP contribution >= 0.6 is 0 Å². The third-order valence-corrected chi connectivity index (χ3v) is 7.16. The van der Waals surface area contributed by atoms with E-state index in [4.69, 9.17) is 4.74 Å². The molecule has 3 heteroatoms. The number of rotatable bonds is 1. The molecule has 0 spiro atoms. The second-order valence-electron chi connectivity index (χ2n) is 8.00. The number of hydrogen-bond acceptors (Lipinski definition) is 3. The van der Waals surface area contributed by atoms with E-state index < -0.39 is 0 Å². The van der Waals surface area contributed by atoms with Crippen LogP contribution in [0.4, 0.5) is 0 Å².